The molecule has 1 fully saturated rings. The van der Waals surface area contributed by atoms with Crippen LogP contribution >= 0.6 is 11.6 Å². The second-order valence-electron chi connectivity index (χ2n) is 6.02. The molecule has 0 radical (unpaired) electrons. The molecule has 1 atom stereocenters. The molecule has 0 aliphatic heterocycles. The van der Waals surface area contributed by atoms with Gasteiger partial charge in [0.1, 0.15) is 0 Å². The molecule has 23 heavy (non-hydrogen) atoms. The molecular formula is C16H19ClF3NO2. The molecule has 1 saturated carbocycles. The van der Waals surface area contributed by atoms with Gasteiger partial charge in [0.2, 0.25) is 0 Å². The van der Waals surface area contributed by atoms with Crippen LogP contribution in [0, 0.1) is 5.92 Å². The molecule has 2 N–H and O–H groups in total. The Bertz CT molecular complexity index is 567. The number of carbonyl (C=O) groups is 1. The Hall–Kier alpha value is -1.27. The zero-order chi connectivity index (χ0) is 17.2. The zero-order valence-corrected chi connectivity index (χ0v) is 13.4. The Morgan fingerprint density at radius 2 is 1.91 bits per heavy atom. The largest absolute Gasteiger partial charge is 0.416 e. The van der Waals surface area contributed by atoms with Gasteiger partial charge in [-0.2, -0.15) is 13.2 Å². The molecule has 1 aliphatic carbocycles. The lowest BCUT2D eigenvalue weighted by Gasteiger charge is -2.30. The summed E-state index contributed by atoms with van der Waals surface area (Å²) in [6.07, 6.45) is -1.97. The third kappa shape index (κ3) is 4.61. The number of carbonyl (C=O) groups excluding carboxylic acids is 1. The first-order valence-electron chi connectivity index (χ1n) is 7.54. The molecule has 0 unspecified atom stereocenters. The SMILES string of the molecule is C[C@H](O)[C@H]1CC[C@H](NC(=O)c2cc(C(F)(F)F)ccc2Cl)CC1. The highest BCUT2D eigenvalue weighted by Crippen LogP contribution is 2.32. The molecule has 0 bridgehead atoms. The van der Waals surface area contributed by atoms with Crippen LogP contribution in [0.5, 0.6) is 0 Å². The first-order chi connectivity index (χ1) is 10.7. The lowest BCUT2D eigenvalue weighted by molar-refractivity contribution is -0.137. The number of alkyl halides is 3. The van der Waals surface area contributed by atoms with Crippen molar-refractivity contribution >= 4 is 17.5 Å². The summed E-state index contributed by atoms with van der Waals surface area (Å²) in [6.45, 7) is 1.74. The standard InChI is InChI=1S/C16H19ClF3NO2/c1-9(22)10-2-5-12(6-3-10)21-15(23)13-8-11(16(18,19)20)4-7-14(13)17/h4,7-10,12,22H,2-3,5-6H2,1H3,(H,21,23)/t9-,10-,12-/m0/s1. The maximum atomic E-state index is 12.7. The summed E-state index contributed by atoms with van der Waals surface area (Å²) in [5.74, 6) is -0.387. The molecule has 0 aromatic heterocycles. The maximum absolute atomic E-state index is 12.7. The fourth-order valence-corrected chi connectivity index (χ4v) is 3.09. The third-order valence-corrected chi connectivity index (χ3v) is 4.66. The topological polar surface area (TPSA) is 49.3 Å². The molecule has 0 heterocycles. The van der Waals surface area contributed by atoms with Crippen molar-refractivity contribution in [1.82, 2.24) is 5.32 Å². The highest BCUT2D eigenvalue weighted by molar-refractivity contribution is 6.33. The van der Waals surface area contributed by atoms with E-state index in [1.807, 2.05) is 0 Å². The molecule has 0 saturated heterocycles. The average molecular weight is 350 g/mol. The van der Waals surface area contributed by atoms with Gasteiger partial charge in [0.15, 0.2) is 0 Å². The summed E-state index contributed by atoms with van der Waals surface area (Å²) in [6, 6.07) is 2.61. The van der Waals surface area contributed by atoms with Crippen LogP contribution in [0.2, 0.25) is 5.02 Å². The number of hydrogen-bond donors (Lipinski definition) is 2. The lowest BCUT2D eigenvalue weighted by atomic mass is 9.83. The van der Waals surface area contributed by atoms with Crippen LogP contribution in [-0.2, 0) is 6.18 Å². The molecule has 3 nitrogen and oxygen atoms in total. The van der Waals surface area contributed by atoms with E-state index in [0.29, 0.717) is 12.8 Å². The molecular weight excluding hydrogens is 331 g/mol. The Labute approximate surface area is 137 Å². The number of benzene rings is 1. The van der Waals surface area contributed by atoms with Crippen molar-refractivity contribution in [2.75, 3.05) is 0 Å². The normalized spacial score (nSPS) is 23.4. The highest BCUT2D eigenvalue weighted by Gasteiger charge is 2.32. The molecule has 1 aromatic rings. The number of halogens is 4. The zero-order valence-electron chi connectivity index (χ0n) is 12.7. The van der Waals surface area contributed by atoms with E-state index in [2.05, 4.69) is 5.32 Å². The number of rotatable bonds is 3. The molecule has 2 rings (SSSR count). The Morgan fingerprint density at radius 1 is 1.30 bits per heavy atom. The molecule has 7 heteroatoms. The van der Waals surface area contributed by atoms with Crippen LogP contribution in [0.3, 0.4) is 0 Å². The van der Waals surface area contributed by atoms with Crippen molar-refractivity contribution in [3.8, 4) is 0 Å². The van der Waals surface area contributed by atoms with Crippen LogP contribution < -0.4 is 5.32 Å². The van der Waals surface area contributed by atoms with Crippen LogP contribution in [0.4, 0.5) is 13.2 Å². The predicted octanol–water partition coefficient (Wildman–Crippen LogP) is 4.03. The van der Waals surface area contributed by atoms with E-state index >= 15 is 0 Å². The number of nitrogens with one attached hydrogen (secondary N) is 1. The van der Waals surface area contributed by atoms with E-state index in [1.165, 1.54) is 0 Å². The summed E-state index contributed by atoms with van der Waals surface area (Å²) in [4.78, 5) is 12.2. The monoisotopic (exact) mass is 349 g/mol. The average Bonchev–Trinajstić information content (AvgIpc) is 2.46. The van der Waals surface area contributed by atoms with E-state index in [1.54, 1.807) is 6.92 Å². The summed E-state index contributed by atoms with van der Waals surface area (Å²) in [7, 11) is 0. The number of aliphatic hydroxyl groups is 1. The van der Waals surface area contributed by atoms with E-state index in [4.69, 9.17) is 11.6 Å². The third-order valence-electron chi connectivity index (χ3n) is 4.33. The second-order valence-corrected chi connectivity index (χ2v) is 6.43. The van der Waals surface area contributed by atoms with E-state index in [-0.39, 0.29) is 28.6 Å². The van der Waals surface area contributed by atoms with Gasteiger partial charge < -0.3 is 10.4 Å². The summed E-state index contributed by atoms with van der Waals surface area (Å²) >= 11 is 5.86. The van der Waals surface area contributed by atoms with Crippen LogP contribution in [-0.4, -0.2) is 23.2 Å². The van der Waals surface area contributed by atoms with Gasteiger partial charge in [-0.1, -0.05) is 11.6 Å². The van der Waals surface area contributed by atoms with Crippen molar-refractivity contribution in [2.24, 2.45) is 5.92 Å². The summed E-state index contributed by atoms with van der Waals surface area (Å²) < 4.78 is 38.2. The maximum Gasteiger partial charge on any atom is 0.416 e. The van der Waals surface area contributed by atoms with Crippen molar-refractivity contribution in [2.45, 2.75) is 50.9 Å². The van der Waals surface area contributed by atoms with Gasteiger partial charge in [-0.05, 0) is 56.7 Å². The van der Waals surface area contributed by atoms with E-state index < -0.39 is 17.6 Å². The van der Waals surface area contributed by atoms with Gasteiger partial charge in [-0.15, -0.1) is 0 Å². The van der Waals surface area contributed by atoms with Crippen LogP contribution in [0.25, 0.3) is 0 Å². The first kappa shape index (κ1) is 18.1. The smallest absolute Gasteiger partial charge is 0.393 e. The number of aliphatic hydroxyl groups excluding tert-OH is 1. The van der Waals surface area contributed by atoms with Crippen molar-refractivity contribution in [1.29, 1.82) is 0 Å². The van der Waals surface area contributed by atoms with Crippen molar-refractivity contribution in [3.63, 3.8) is 0 Å². The number of amides is 1. The van der Waals surface area contributed by atoms with Gasteiger partial charge in [0, 0.05) is 6.04 Å². The van der Waals surface area contributed by atoms with E-state index in [0.717, 1.165) is 31.0 Å². The van der Waals surface area contributed by atoms with Gasteiger partial charge in [0.05, 0.1) is 22.3 Å². The highest BCUT2D eigenvalue weighted by atomic mass is 35.5. The summed E-state index contributed by atoms with van der Waals surface area (Å²) in [5.41, 5.74) is -1.07. The van der Waals surface area contributed by atoms with Crippen LogP contribution in [0.1, 0.15) is 48.5 Å². The summed E-state index contributed by atoms with van der Waals surface area (Å²) in [5, 5.41) is 12.3. The van der Waals surface area contributed by atoms with Gasteiger partial charge in [0.25, 0.3) is 5.91 Å². The van der Waals surface area contributed by atoms with Gasteiger partial charge in [-0.25, -0.2) is 0 Å². The Morgan fingerprint density at radius 3 is 2.43 bits per heavy atom. The minimum Gasteiger partial charge on any atom is -0.393 e. The molecule has 1 amide bonds. The first-order valence-corrected chi connectivity index (χ1v) is 7.92. The Kier molecular flexibility index (Phi) is 5.57. The molecule has 128 valence electrons. The van der Waals surface area contributed by atoms with Crippen LogP contribution in [0.15, 0.2) is 18.2 Å². The minimum atomic E-state index is -4.52. The van der Waals surface area contributed by atoms with Crippen molar-refractivity contribution < 1.29 is 23.1 Å². The molecule has 0 spiro atoms. The van der Waals surface area contributed by atoms with Crippen molar-refractivity contribution in [3.05, 3.63) is 34.3 Å². The quantitative estimate of drug-likeness (QED) is 0.865. The molecule has 1 aliphatic rings. The predicted molar refractivity (Wildman–Crippen MR) is 81.3 cm³/mol. The lowest BCUT2D eigenvalue weighted by Crippen LogP contribution is -2.39. The fraction of sp³-hybridized carbons (Fsp3) is 0.562. The van der Waals surface area contributed by atoms with Gasteiger partial charge in [-0.3, -0.25) is 4.79 Å². The fourth-order valence-electron chi connectivity index (χ4n) is 2.88. The Balaban J connectivity index is 2.04. The van der Waals surface area contributed by atoms with E-state index in [9.17, 15) is 23.1 Å². The minimum absolute atomic E-state index is 0.00633. The second kappa shape index (κ2) is 7.09. The van der Waals surface area contributed by atoms with Gasteiger partial charge >= 0.3 is 6.18 Å². The number of hydrogen-bond acceptors (Lipinski definition) is 2. The molecule has 1 aromatic carbocycles.